The normalized spacial score (nSPS) is 9.56. The van der Waals surface area contributed by atoms with Crippen molar-refractivity contribution >= 4 is 23.5 Å². The first kappa shape index (κ1) is 14.4. The van der Waals surface area contributed by atoms with Crippen molar-refractivity contribution < 1.29 is 4.79 Å². The predicted octanol–water partition coefficient (Wildman–Crippen LogP) is 1.61. The number of pyridine rings is 1. The van der Waals surface area contributed by atoms with E-state index in [-0.39, 0.29) is 12.5 Å². The molecule has 0 atom stereocenters. The largest absolute Gasteiger partial charge is 0.370 e. The Morgan fingerprint density at radius 1 is 1.56 bits per heavy atom. The van der Waals surface area contributed by atoms with Gasteiger partial charge in [0.1, 0.15) is 5.82 Å². The highest BCUT2D eigenvalue weighted by Gasteiger charge is 2.04. The summed E-state index contributed by atoms with van der Waals surface area (Å²) in [5.41, 5.74) is 0.514. The fraction of sp³-hybridized carbons (Fsp3) is 0.385. The molecule has 0 fully saturated rings. The monoisotopic (exact) mass is 263 g/mol. The second kappa shape index (κ2) is 8.43. The standard InChI is InChI=1S/C13H17N3OS/c1-3-7-15-13(17)11-5-6-12(16-10-11)14-8-4-9-18-2/h1,5-6,10H,4,7-9H2,2H3,(H,14,16)(H,15,17). The van der Waals surface area contributed by atoms with E-state index >= 15 is 0 Å². The fourth-order valence-electron chi connectivity index (χ4n) is 1.30. The number of aromatic nitrogens is 1. The van der Waals surface area contributed by atoms with Crippen molar-refractivity contribution in [2.45, 2.75) is 6.42 Å². The molecule has 1 aromatic heterocycles. The number of hydrogen-bond donors (Lipinski definition) is 2. The zero-order chi connectivity index (χ0) is 13.2. The van der Waals surface area contributed by atoms with Crippen LogP contribution in [0.15, 0.2) is 18.3 Å². The average Bonchev–Trinajstić information content (AvgIpc) is 2.41. The van der Waals surface area contributed by atoms with E-state index < -0.39 is 0 Å². The number of nitrogens with zero attached hydrogens (tertiary/aromatic N) is 1. The molecule has 0 aliphatic carbocycles. The fourth-order valence-corrected chi connectivity index (χ4v) is 1.73. The molecule has 0 radical (unpaired) electrons. The van der Waals surface area contributed by atoms with Crippen molar-refractivity contribution in [1.82, 2.24) is 10.3 Å². The van der Waals surface area contributed by atoms with Gasteiger partial charge in [-0.15, -0.1) is 6.42 Å². The Bertz CT molecular complexity index is 411. The first-order valence-corrected chi connectivity index (χ1v) is 7.08. The van der Waals surface area contributed by atoms with Crippen LogP contribution in [0.2, 0.25) is 0 Å². The Balaban J connectivity index is 2.42. The first-order valence-electron chi connectivity index (χ1n) is 5.68. The Labute approximate surface area is 112 Å². The molecular weight excluding hydrogens is 246 g/mol. The Morgan fingerprint density at radius 2 is 2.39 bits per heavy atom. The molecule has 0 saturated heterocycles. The Hall–Kier alpha value is -1.67. The molecule has 0 bridgehead atoms. The number of rotatable bonds is 7. The number of terminal acetylenes is 1. The van der Waals surface area contributed by atoms with Crippen LogP contribution in [-0.4, -0.2) is 36.0 Å². The van der Waals surface area contributed by atoms with Crippen molar-refractivity contribution in [2.75, 3.05) is 30.4 Å². The van der Waals surface area contributed by atoms with Crippen LogP contribution >= 0.6 is 11.8 Å². The minimum absolute atomic E-state index is 0.200. The number of thioether (sulfide) groups is 1. The maximum absolute atomic E-state index is 11.5. The van der Waals surface area contributed by atoms with Crippen molar-refractivity contribution in [2.24, 2.45) is 0 Å². The predicted molar refractivity (Wildman–Crippen MR) is 76.9 cm³/mol. The van der Waals surface area contributed by atoms with E-state index in [0.29, 0.717) is 5.56 Å². The van der Waals surface area contributed by atoms with E-state index in [9.17, 15) is 4.79 Å². The number of amides is 1. The van der Waals surface area contributed by atoms with Crippen LogP contribution in [0.4, 0.5) is 5.82 Å². The lowest BCUT2D eigenvalue weighted by molar-refractivity contribution is 0.0958. The molecule has 1 heterocycles. The second-order valence-corrected chi connectivity index (χ2v) is 4.58. The molecule has 5 heteroatoms. The molecule has 1 aromatic rings. The molecule has 0 aliphatic rings. The van der Waals surface area contributed by atoms with E-state index in [2.05, 4.69) is 27.8 Å². The number of carbonyl (C=O) groups excluding carboxylic acids is 1. The van der Waals surface area contributed by atoms with E-state index in [0.717, 1.165) is 24.5 Å². The Morgan fingerprint density at radius 3 is 3.00 bits per heavy atom. The summed E-state index contributed by atoms with van der Waals surface area (Å²) in [5, 5.41) is 5.79. The summed E-state index contributed by atoms with van der Waals surface area (Å²) in [6.07, 6.45) is 9.79. The Kier molecular flexibility index (Phi) is 6.74. The van der Waals surface area contributed by atoms with Gasteiger partial charge >= 0.3 is 0 Å². The van der Waals surface area contributed by atoms with Crippen LogP contribution in [0.5, 0.6) is 0 Å². The summed E-state index contributed by atoms with van der Waals surface area (Å²) in [5.74, 6) is 4.06. The zero-order valence-corrected chi connectivity index (χ0v) is 11.2. The van der Waals surface area contributed by atoms with Gasteiger partial charge in [-0.05, 0) is 30.6 Å². The summed E-state index contributed by atoms with van der Waals surface area (Å²) in [4.78, 5) is 15.7. The van der Waals surface area contributed by atoms with Crippen molar-refractivity contribution in [3.05, 3.63) is 23.9 Å². The van der Waals surface area contributed by atoms with Gasteiger partial charge < -0.3 is 10.6 Å². The minimum Gasteiger partial charge on any atom is -0.370 e. The molecule has 0 saturated carbocycles. The first-order chi connectivity index (χ1) is 8.77. The number of anilines is 1. The molecule has 1 rings (SSSR count). The van der Waals surface area contributed by atoms with Crippen LogP contribution in [0.3, 0.4) is 0 Å². The highest BCUT2D eigenvalue weighted by molar-refractivity contribution is 7.98. The number of nitrogens with one attached hydrogen (secondary N) is 2. The van der Waals surface area contributed by atoms with Crippen molar-refractivity contribution in [3.63, 3.8) is 0 Å². The van der Waals surface area contributed by atoms with Gasteiger partial charge in [0, 0.05) is 12.7 Å². The summed E-state index contributed by atoms with van der Waals surface area (Å²) in [7, 11) is 0. The van der Waals surface area contributed by atoms with Gasteiger partial charge in [-0.3, -0.25) is 4.79 Å². The van der Waals surface area contributed by atoms with Gasteiger partial charge in [-0.25, -0.2) is 4.98 Å². The number of carbonyl (C=O) groups is 1. The quantitative estimate of drug-likeness (QED) is 0.580. The summed E-state index contributed by atoms with van der Waals surface area (Å²) in [6.45, 7) is 1.12. The van der Waals surface area contributed by atoms with Gasteiger partial charge in [0.2, 0.25) is 0 Å². The second-order valence-electron chi connectivity index (χ2n) is 3.59. The third-order valence-corrected chi connectivity index (χ3v) is 2.90. The van der Waals surface area contributed by atoms with Gasteiger partial charge in [0.25, 0.3) is 5.91 Å². The van der Waals surface area contributed by atoms with Crippen LogP contribution in [-0.2, 0) is 0 Å². The molecule has 0 aliphatic heterocycles. The van der Waals surface area contributed by atoms with Gasteiger partial charge in [-0.2, -0.15) is 11.8 Å². The van der Waals surface area contributed by atoms with E-state index in [1.54, 1.807) is 18.3 Å². The maximum atomic E-state index is 11.5. The lowest BCUT2D eigenvalue weighted by Crippen LogP contribution is -2.23. The molecular formula is C13H17N3OS. The molecule has 0 unspecified atom stereocenters. The number of hydrogen-bond acceptors (Lipinski definition) is 4. The topological polar surface area (TPSA) is 54.0 Å². The average molecular weight is 263 g/mol. The molecule has 96 valence electrons. The molecule has 4 nitrogen and oxygen atoms in total. The van der Waals surface area contributed by atoms with Crippen molar-refractivity contribution in [3.8, 4) is 12.3 Å². The van der Waals surface area contributed by atoms with Crippen LogP contribution in [0.1, 0.15) is 16.8 Å². The third-order valence-electron chi connectivity index (χ3n) is 2.21. The lowest BCUT2D eigenvalue weighted by atomic mass is 10.2. The molecule has 0 aromatic carbocycles. The van der Waals surface area contributed by atoms with Crippen LogP contribution in [0.25, 0.3) is 0 Å². The van der Waals surface area contributed by atoms with E-state index in [1.165, 1.54) is 0 Å². The van der Waals surface area contributed by atoms with Crippen LogP contribution < -0.4 is 10.6 Å². The molecule has 2 N–H and O–H groups in total. The van der Waals surface area contributed by atoms with Gasteiger partial charge in [0.05, 0.1) is 12.1 Å². The lowest BCUT2D eigenvalue weighted by Gasteiger charge is -2.06. The minimum atomic E-state index is -0.200. The van der Waals surface area contributed by atoms with Crippen LogP contribution in [0, 0.1) is 12.3 Å². The van der Waals surface area contributed by atoms with Gasteiger partial charge in [-0.1, -0.05) is 5.92 Å². The smallest absolute Gasteiger partial charge is 0.253 e. The zero-order valence-electron chi connectivity index (χ0n) is 10.4. The highest BCUT2D eigenvalue weighted by atomic mass is 32.2. The van der Waals surface area contributed by atoms with Crippen molar-refractivity contribution in [1.29, 1.82) is 0 Å². The van der Waals surface area contributed by atoms with E-state index in [4.69, 9.17) is 6.42 Å². The SMILES string of the molecule is C#CCNC(=O)c1ccc(NCCCSC)nc1. The van der Waals surface area contributed by atoms with E-state index in [1.807, 2.05) is 11.8 Å². The molecule has 0 spiro atoms. The molecule has 18 heavy (non-hydrogen) atoms. The molecule has 1 amide bonds. The third kappa shape index (κ3) is 5.11. The highest BCUT2D eigenvalue weighted by Crippen LogP contribution is 2.05. The van der Waals surface area contributed by atoms with Gasteiger partial charge in [0.15, 0.2) is 0 Å². The summed E-state index contributed by atoms with van der Waals surface area (Å²) >= 11 is 1.82. The summed E-state index contributed by atoms with van der Waals surface area (Å²) < 4.78 is 0. The summed E-state index contributed by atoms with van der Waals surface area (Å²) in [6, 6.07) is 3.53. The maximum Gasteiger partial charge on any atom is 0.253 e.